The zero-order chi connectivity index (χ0) is 11.9. The number of hydrogen-bond donors (Lipinski definition) is 1. The third-order valence-corrected chi connectivity index (χ3v) is 4.68. The van der Waals surface area contributed by atoms with E-state index in [2.05, 4.69) is 12.2 Å². The second-order valence-electron chi connectivity index (χ2n) is 4.93. The maximum Gasteiger partial charge on any atom is 0.243 e. The summed E-state index contributed by atoms with van der Waals surface area (Å²) in [6.07, 6.45) is 1.44. The predicted octanol–water partition coefficient (Wildman–Crippen LogP) is 0.965. The molecule has 0 aromatic heterocycles. The first-order valence-corrected chi connectivity index (χ1v) is 6.69. The molecule has 0 spiro atoms. The van der Waals surface area contributed by atoms with Crippen molar-refractivity contribution in [3.05, 3.63) is 0 Å². The highest BCUT2D eigenvalue weighted by molar-refractivity contribution is 8.01. The molecular weight excluding hydrogens is 224 g/mol. The van der Waals surface area contributed by atoms with Gasteiger partial charge in [0.05, 0.1) is 4.87 Å². The van der Waals surface area contributed by atoms with E-state index in [1.165, 1.54) is 0 Å². The first-order valence-electron chi connectivity index (χ1n) is 5.70. The minimum Gasteiger partial charge on any atom is -0.352 e. The van der Waals surface area contributed by atoms with Gasteiger partial charge in [0.1, 0.15) is 6.04 Å². The number of rotatable bonds is 2. The Morgan fingerprint density at radius 1 is 1.62 bits per heavy atom. The summed E-state index contributed by atoms with van der Waals surface area (Å²) in [5, 5.41) is 2.89. The van der Waals surface area contributed by atoms with Crippen LogP contribution in [0.15, 0.2) is 0 Å². The van der Waals surface area contributed by atoms with E-state index in [1.54, 1.807) is 16.7 Å². The zero-order valence-corrected chi connectivity index (χ0v) is 10.8. The van der Waals surface area contributed by atoms with Gasteiger partial charge in [-0.25, -0.2) is 0 Å². The smallest absolute Gasteiger partial charge is 0.243 e. The van der Waals surface area contributed by atoms with E-state index in [9.17, 15) is 9.59 Å². The average molecular weight is 242 g/mol. The molecule has 2 fully saturated rings. The Bertz CT molecular complexity index is 332. The molecule has 2 saturated heterocycles. The van der Waals surface area contributed by atoms with Gasteiger partial charge in [-0.1, -0.05) is 0 Å². The lowest BCUT2D eigenvalue weighted by molar-refractivity contribution is -0.138. The number of thioether (sulfide) groups is 1. The van der Waals surface area contributed by atoms with Gasteiger partial charge in [0, 0.05) is 18.2 Å². The molecule has 0 aromatic rings. The molecule has 0 bridgehead atoms. The maximum atomic E-state index is 12.0. The van der Waals surface area contributed by atoms with Gasteiger partial charge in [-0.2, -0.15) is 0 Å². The van der Waals surface area contributed by atoms with E-state index in [0.717, 1.165) is 12.2 Å². The van der Waals surface area contributed by atoms with Gasteiger partial charge in [0.15, 0.2) is 0 Å². The van der Waals surface area contributed by atoms with Crippen LogP contribution in [0.4, 0.5) is 0 Å². The number of carbonyl (C=O) groups is 2. The lowest BCUT2D eigenvalue weighted by atomic mass is 10.2. The van der Waals surface area contributed by atoms with Gasteiger partial charge in [-0.15, -0.1) is 11.8 Å². The minimum atomic E-state index is -0.271. The normalized spacial score (nSPS) is 33.4. The fourth-order valence-corrected chi connectivity index (χ4v) is 3.83. The van der Waals surface area contributed by atoms with Crippen LogP contribution in [0.3, 0.4) is 0 Å². The second-order valence-corrected chi connectivity index (χ2v) is 6.43. The SMILES string of the molecule is CC(C)NC(=O)[C@@H]1CS[C@]2(C)CCC(=O)N12. The number of hydrogen-bond acceptors (Lipinski definition) is 3. The Morgan fingerprint density at radius 2 is 2.31 bits per heavy atom. The average Bonchev–Trinajstić information content (AvgIpc) is 2.64. The van der Waals surface area contributed by atoms with Crippen LogP contribution in [0.5, 0.6) is 0 Å². The van der Waals surface area contributed by atoms with Crippen LogP contribution in [0.25, 0.3) is 0 Å². The van der Waals surface area contributed by atoms with Crippen molar-refractivity contribution in [1.82, 2.24) is 10.2 Å². The van der Waals surface area contributed by atoms with E-state index in [4.69, 9.17) is 0 Å². The Balaban J connectivity index is 2.13. The second kappa shape index (κ2) is 3.95. The molecule has 0 aromatic carbocycles. The maximum absolute atomic E-state index is 12.0. The number of carbonyl (C=O) groups excluding carboxylic acids is 2. The molecule has 4 nitrogen and oxygen atoms in total. The molecule has 2 rings (SSSR count). The molecule has 1 N–H and O–H groups in total. The molecular formula is C11H18N2O2S. The summed E-state index contributed by atoms with van der Waals surface area (Å²) in [5.74, 6) is 0.832. The highest BCUT2D eigenvalue weighted by Gasteiger charge is 2.52. The van der Waals surface area contributed by atoms with Gasteiger partial charge in [-0.05, 0) is 27.2 Å². The van der Waals surface area contributed by atoms with E-state index in [-0.39, 0.29) is 28.8 Å². The summed E-state index contributed by atoms with van der Waals surface area (Å²) in [4.78, 5) is 25.4. The molecule has 2 aliphatic heterocycles. The largest absolute Gasteiger partial charge is 0.352 e. The highest BCUT2D eigenvalue weighted by Crippen LogP contribution is 2.47. The van der Waals surface area contributed by atoms with Crippen LogP contribution in [-0.4, -0.2) is 39.4 Å². The molecule has 0 saturated carbocycles. The third-order valence-electron chi connectivity index (χ3n) is 3.18. The standard InChI is InChI=1S/C11H18N2O2S/c1-7(2)12-10(15)8-6-16-11(3)5-4-9(14)13(8)11/h7-8H,4-6H2,1-3H3,(H,12,15)/t8-,11+/m0/s1. The van der Waals surface area contributed by atoms with E-state index >= 15 is 0 Å². The van der Waals surface area contributed by atoms with Crippen LogP contribution in [0.2, 0.25) is 0 Å². The topological polar surface area (TPSA) is 49.4 Å². The number of nitrogens with one attached hydrogen (secondary N) is 1. The van der Waals surface area contributed by atoms with E-state index < -0.39 is 0 Å². The van der Waals surface area contributed by atoms with Gasteiger partial charge < -0.3 is 10.2 Å². The molecule has 0 radical (unpaired) electrons. The Morgan fingerprint density at radius 3 is 2.94 bits per heavy atom. The third kappa shape index (κ3) is 1.81. The Labute approximate surface area is 100 Å². The molecule has 0 unspecified atom stereocenters. The Hall–Kier alpha value is -0.710. The quantitative estimate of drug-likeness (QED) is 0.785. The molecule has 2 amide bonds. The van der Waals surface area contributed by atoms with Gasteiger partial charge in [-0.3, -0.25) is 9.59 Å². The van der Waals surface area contributed by atoms with Crippen LogP contribution in [-0.2, 0) is 9.59 Å². The summed E-state index contributed by atoms with van der Waals surface area (Å²) >= 11 is 1.73. The molecule has 5 heteroatoms. The highest BCUT2D eigenvalue weighted by atomic mass is 32.2. The van der Waals surface area contributed by atoms with Crippen LogP contribution >= 0.6 is 11.8 Å². The summed E-state index contributed by atoms with van der Waals surface area (Å²) in [5.41, 5.74) is 0. The monoisotopic (exact) mass is 242 g/mol. The fraction of sp³-hybridized carbons (Fsp3) is 0.818. The summed E-state index contributed by atoms with van der Waals surface area (Å²) in [6, 6.07) is -0.144. The lowest BCUT2D eigenvalue weighted by Gasteiger charge is -2.30. The van der Waals surface area contributed by atoms with Crippen molar-refractivity contribution >= 4 is 23.6 Å². The number of nitrogens with zero attached hydrogens (tertiary/aromatic N) is 1. The molecule has 2 heterocycles. The summed E-state index contributed by atoms with van der Waals surface area (Å²) in [7, 11) is 0. The molecule has 90 valence electrons. The van der Waals surface area contributed by atoms with Gasteiger partial charge in [0.25, 0.3) is 0 Å². The zero-order valence-electron chi connectivity index (χ0n) is 9.95. The summed E-state index contributed by atoms with van der Waals surface area (Å²) < 4.78 is 0. The first-order chi connectivity index (χ1) is 7.44. The molecule has 0 aliphatic carbocycles. The first kappa shape index (κ1) is 11.8. The fourth-order valence-electron chi connectivity index (χ4n) is 2.40. The van der Waals surface area contributed by atoms with Crippen molar-refractivity contribution in [2.45, 2.75) is 50.6 Å². The minimum absolute atomic E-state index is 0.0125. The van der Waals surface area contributed by atoms with Crippen LogP contribution < -0.4 is 5.32 Å². The predicted molar refractivity (Wildman–Crippen MR) is 64.0 cm³/mol. The van der Waals surface area contributed by atoms with E-state index in [0.29, 0.717) is 6.42 Å². The van der Waals surface area contributed by atoms with E-state index in [1.807, 2.05) is 13.8 Å². The van der Waals surface area contributed by atoms with Crippen LogP contribution in [0, 0.1) is 0 Å². The van der Waals surface area contributed by atoms with Crippen molar-refractivity contribution in [3.63, 3.8) is 0 Å². The number of amides is 2. The lowest BCUT2D eigenvalue weighted by Crippen LogP contribution is -2.51. The number of fused-ring (bicyclic) bond motifs is 1. The van der Waals surface area contributed by atoms with Crippen LogP contribution in [0.1, 0.15) is 33.6 Å². The van der Waals surface area contributed by atoms with Crippen molar-refractivity contribution in [2.24, 2.45) is 0 Å². The van der Waals surface area contributed by atoms with Crippen molar-refractivity contribution < 1.29 is 9.59 Å². The van der Waals surface area contributed by atoms with Crippen molar-refractivity contribution in [2.75, 3.05) is 5.75 Å². The Kier molecular flexibility index (Phi) is 2.90. The molecule has 2 atom stereocenters. The van der Waals surface area contributed by atoms with Gasteiger partial charge in [0.2, 0.25) is 11.8 Å². The van der Waals surface area contributed by atoms with Crippen molar-refractivity contribution in [3.8, 4) is 0 Å². The van der Waals surface area contributed by atoms with Gasteiger partial charge >= 0.3 is 0 Å². The van der Waals surface area contributed by atoms with Crippen molar-refractivity contribution in [1.29, 1.82) is 0 Å². The molecule has 2 aliphatic rings. The summed E-state index contributed by atoms with van der Waals surface area (Å²) in [6.45, 7) is 5.93. The molecule has 16 heavy (non-hydrogen) atoms.